The first kappa shape index (κ1) is 23.4. The Morgan fingerprint density at radius 1 is 1.09 bits per heavy atom. The van der Waals surface area contributed by atoms with Gasteiger partial charge in [0.25, 0.3) is 0 Å². The standard InChI is InChI=1S/C25H24F4O3S/c1-3-30-20-9-6-18-12-22(33-23(18)13-20)17-4-7-19(8-5-17)31-14-16-10-15(2)24(21(26)11-16)32-25(27,28)29/h6-7,9-13,17H,3-5,8,14H2,1-2H3. The smallest absolute Gasteiger partial charge is 0.494 e. The van der Waals surface area contributed by atoms with Crippen molar-refractivity contribution in [1.82, 2.24) is 0 Å². The fourth-order valence-corrected chi connectivity index (χ4v) is 5.24. The molecule has 1 heterocycles. The van der Waals surface area contributed by atoms with Gasteiger partial charge in [-0.25, -0.2) is 4.39 Å². The van der Waals surface area contributed by atoms with Crippen LogP contribution in [0.15, 0.2) is 48.2 Å². The minimum atomic E-state index is -4.94. The van der Waals surface area contributed by atoms with Crippen LogP contribution in [-0.2, 0) is 11.3 Å². The van der Waals surface area contributed by atoms with Gasteiger partial charge in [0.2, 0.25) is 0 Å². The van der Waals surface area contributed by atoms with Crippen LogP contribution in [0, 0.1) is 12.7 Å². The van der Waals surface area contributed by atoms with E-state index in [1.54, 1.807) is 11.3 Å². The molecule has 0 saturated carbocycles. The van der Waals surface area contributed by atoms with E-state index < -0.39 is 17.9 Å². The lowest BCUT2D eigenvalue weighted by molar-refractivity contribution is -0.275. The number of allylic oxidation sites excluding steroid dienone is 2. The summed E-state index contributed by atoms with van der Waals surface area (Å²) in [6.45, 7) is 4.06. The van der Waals surface area contributed by atoms with Crippen molar-refractivity contribution in [1.29, 1.82) is 0 Å². The third-order valence-electron chi connectivity index (χ3n) is 5.52. The second kappa shape index (κ2) is 9.63. The number of fused-ring (bicyclic) bond motifs is 1. The molecule has 1 aromatic heterocycles. The predicted octanol–water partition coefficient (Wildman–Crippen LogP) is 8.01. The maximum Gasteiger partial charge on any atom is 0.573 e. The molecule has 0 fully saturated rings. The number of rotatable bonds is 7. The van der Waals surface area contributed by atoms with E-state index in [1.807, 2.05) is 13.0 Å². The Bertz CT molecular complexity index is 1140. The van der Waals surface area contributed by atoms with Gasteiger partial charge in [0.1, 0.15) is 12.4 Å². The maximum atomic E-state index is 14.1. The topological polar surface area (TPSA) is 27.7 Å². The molecule has 33 heavy (non-hydrogen) atoms. The van der Waals surface area contributed by atoms with Gasteiger partial charge < -0.3 is 14.2 Å². The molecule has 0 bridgehead atoms. The highest BCUT2D eigenvalue weighted by atomic mass is 32.1. The Hall–Kier alpha value is -2.74. The summed E-state index contributed by atoms with van der Waals surface area (Å²) in [5.74, 6) is 0.245. The Labute approximate surface area is 193 Å². The maximum absolute atomic E-state index is 14.1. The summed E-state index contributed by atoms with van der Waals surface area (Å²) in [5, 5.41) is 1.21. The van der Waals surface area contributed by atoms with Gasteiger partial charge in [-0.05, 0) is 91.6 Å². The molecule has 4 rings (SSSR count). The molecule has 0 radical (unpaired) electrons. The van der Waals surface area contributed by atoms with E-state index >= 15 is 0 Å². The number of alkyl halides is 3. The van der Waals surface area contributed by atoms with Crippen molar-refractivity contribution in [2.45, 2.75) is 52.0 Å². The first-order valence-electron chi connectivity index (χ1n) is 10.7. The summed E-state index contributed by atoms with van der Waals surface area (Å²) in [5.41, 5.74) is 0.526. The summed E-state index contributed by atoms with van der Waals surface area (Å²) in [7, 11) is 0. The number of hydrogen-bond acceptors (Lipinski definition) is 4. The molecule has 0 aliphatic heterocycles. The van der Waals surface area contributed by atoms with Crippen LogP contribution in [0.4, 0.5) is 17.6 Å². The highest BCUT2D eigenvalue weighted by Gasteiger charge is 2.33. The molecule has 0 spiro atoms. The lowest BCUT2D eigenvalue weighted by Crippen LogP contribution is -2.18. The van der Waals surface area contributed by atoms with Gasteiger partial charge in [0.15, 0.2) is 11.6 Å². The van der Waals surface area contributed by atoms with Crippen LogP contribution in [-0.4, -0.2) is 13.0 Å². The number of benzene rings is 2. The van der Waals surface area contributed by atoms with Crippen molar-refractivity contribution in [2.75, 3.05) is 6.61 Å². The number of thiophene rings is 1. The summed E-state index contributed by atoms with van der Waals surface area (Å²) in [6.07, 6.45) is -0.365. The average Bonchev–Trinajstić information content (AvgIpc) is 3.18. The Morgan fingerprint density at radius 3 is 2.58 bits per heavy atom. The zero-order valence-electron chi connectivity index (χ0n) is 18.3. The van der Waals surface area contributed by atoms with Crippen molar-refractivity contribution in [3.63, 3.8) is 0 Å². The van der Waals surface area contributed by atoms with E-state index in [0.29, 0.717) is 18.1 Å². The minimum Gasteiger partial charge on any atom is -0.494 e. The largest absolute Gasteiger partial charge is 0.573 e. The van der Waals surface area contributed by atoms with Crippen molar-refractivity contribution in [3.8, 4) is 11.5 Å². The van der Waals surface area contributed by atoms with E-state index in [1.165, 1.54) is 28.0 Å². The summed E-state index contributed by atoms with van der Waals surface area (Å²) < 4.78 is 67.8. The number of halogens is 4. The quantitative estimate of drug-likeness (QED) is 0.321. The van der Waals surface area contributed by atoms with Crippen LogP contribution < -0.4 is 9.47 Å². The molecule has 176 valence electrons. The van der Waals surface area contributed by atoms with Gasteiger partial charge >= 0.3 is 6.36 Å². The van der Waals surface area contributed by atoms with Crippen LogP contribution in [0.3, 0.4) is 0 Å². The van der Waals surface area contributed by atoms with Gasteiger partial charge in [-0.1, -0.05) is 0 Å². The average molecular weight is 481 g/mol. The zero-order chi connectivity index (χ0) is 23.6. The van der Waals surface area contributed by atoms with Crippen molar-refractivity contribution in [3.05, 3.63) is 70.1 Å². The molecule has 0 N–H and O–H groups in total. The fourth-order valence-electron chi connectivity index (χ4n) is 4.00. The van der Waals surface area contributed by atoms with Crippen LogP contribution in [0.2, 0.25) is 0 Å². The van der Waals surface area contributed by atoms with Crippen molar-refractivity contribution in [2.24, 2.45) is 0 Å². The fraction of sp³-hybridized carbons (Fsp3) is 0.360. The van der Waals surface area contributed by atoms with E-state index in [2.05, 4.69) is 29.0 Å². The van der Waals surface area contributed by atoms with Gasteiger partial charge in [0, 0.05) is 16.0 Å². The van der Waals surface area contributed by atoms with Crippen LogP contribution in [0.5, 0.6) is 11.5 Å². The SMILES string of the molecule is CCOc1ccc2cc(C3CC=C(OCc4cc(C)c(OC(F)(F)F)c(F)c4)CC3)sc2c1. The minimum absolute atomic E-state index is 0.0702. The lowest BCUT2D eigenvalue weighted by atomic mass is 9.92. The number of aryl methyl sites for hydroxylation is 1. The summed E-state index contributed by atoms with van der Waals surface area (Å²) in [6, 6.07) is 10.8. The summed E-state index contributed by atoms with van der Waals surface area (Å²) >= 11 is 1.78. The molecule has 2 aromatic carbocycles. The lowest BCUT2D eigenvalue weighted by Gasteiger charge is -2.21. The van der Waals surface area contributed by atoms with Crippen molar-refractivity contribution >= 4 is 21.4 Å². The second-order valence-corrected chi connectivity index (χ2v) is 9.10. The third-order valence-corrected chi connectivity index (χ3v) is 6.78. The van der Waals surface area contributed by atoms with Crippen molar-refractivity contribution < 1.29 is 31.8 Å². The van der Waals surface area contributed by atoms with E-state index in [9.17, 15) is 17.6 Å². The van der Waals surface area contributed by atoms with Gasteiger partial charge in [0.05, 0.1) is 12.4 Å². The van der Waals surface area contributed by atoms with Gasteiger partial charge in [-0.15, -0.1) is 24.5 Å². The van der Waals surface area contributed by atoms with Gasteiger partial charge in [-0.2, -0.15) is 0 Å². The van der Waals surface area contributed by atoms with Crippen LogP contribution >= 0.6 is 11.3 Å². The second-order valence-electron chi connectivity index (χ2n) is 7.98. The Kier molecular flexibility index (Phi) is 6.83. The third kappa shape index (κ3) is 5.79. The van der Waals surface area contributed by atoms with Gasteiger partial charge in [-0.3, -0.25) is 0 Å². The molecule has 3 aromatic rings. The zero-order valence-corrected chi connectivity index (χ0v) is 19.1. The first-order valence-corrected chi connectivity index (χ1v) is 11.6. The molecule has 1 aliphatic carbocycles. The number of hydrogen-bond donors (Lipinski definition) is 0. The molecule has 0 saturated heterocycles. The van der Waals surface area contributed by atoms with E-state index in [4.69, 9.17) is 9.47 Å². The molecule has 1 atom stereocenters. The monoisotopic (exact) mass is 480 g/mol. The normalized spacial score (nSPS) is 16.5. The molecular formula is C25H24F4O3S. The highest BCUT2D eigenvalue weighted by molar-refractivity contribution is 7.19. The van der Waals surface area contributed by atoms with E-state index in [-0.39, 0.29) is 12.2 Å². The molecule has 3 nitrogen and oxygen atoms in total. The van der Waals surface area contributed by atoms with Crippen LogP contribution in [0.25, 0.3) is 10.1 Å². The molecule has 8 heteroatoms. The molecule has 1 unspecified atom stereocenters. The molecular weight excluding hydrogens is 456 g/mol. The predicted molar refractivity (Wildman–Crippen MR) is 120 cm³/mol. The first-order chi connectivity index (χ1) is 15.7. The Morgan fingerprint density at radius 2 is 1.91 bits per heavy atom. The molecule has 1 aliphatic rings. The molecule has 0 amide bonds. The van der Waals surface area contributed by atoms with E-state index in [0.717, 1.165) is 36.8 Å². The highest BCUT2D eigenvalue weighted by Crippen LogP contribution is 2.40. The summed E-state index contributed by atoms with van der Waals surface area (Å²) in [4.78, 5) is 1.33. The number of ether oxygens (including phenoxy) is 3. The van der Waals surface area contributed by atoms with Crippen LogP contribution in [0.1, 0.15) is 48.1 Å². The Balaban J connectivity index is 1.37.